The van der Waals surface area contributed by atoms with Crippen molar-refractivity contribution >= 4 is 19.4 Å². The van der Waals surface area contributed by atoms with Crippen LogP contribution in [0.15, 0.2) is 16.7 Å². The number of unbranched alkanes of at least 4 members (excludes halogenated alkanes) is 9. The first kappa shape index (κ1) is 23.0. The maximum atomic E-state index is 11.7. The highest BCUT2D eigenvalue weighted by atomic mass is 28.3. The van der Waals surface area contributed by atoms with Gasteiger partial charge in [0.25, 0.3) is 0 Å². The molecule has 0 saturated carbocycles. The van der Waals surface area contributed by atoms with E-state index < -0.39 is 8.07 Å². The minimum absolute atomic E-state index is 0.0461. The molecule has 0 fully saturated rings. The highest BCUT2D eigenvalue weighted by Gasteiger charge is 2.28. The molecule has 1 rings (SSSR count). The molecule has 150 valence electrons. The molecule has 1 amide bonds. The lowest BCUT2D eigenvalue weighted by Gasteiger charge is -2.22. The van der Waals surface area contributed by atoms with Crippen LogP contribution in [0.2, 0.25) is 19.6 Å². The van der Waals surface area contributed by atoms with Crippen LogP contribution in [0.4, 0.5) is 0 Å². The van der Waals surface area contributed by atoms with E-state index in [0.29, 0.717) is 0 Å². The molecule has 0 aliphatic carbocycles. The summed E-state index contributed by atoms with van der Waals surface area (Å²) in [6.07, 6.45) is 16.2. The smallest absolute Gasteiger partial charge is 0.217 e. The van der Waals surface area contributed by atoms with Crippen molar-refractivity contribution < 1.29 is 9.21 Å². The summed E-state index contributed by atoms with van der Waals surface area (Å²) in [4.78, 5) is 11.7. The molecule has 0 spiro atoms. The molecule has 0 radical (unpaired) electrons. The number of carbonyl (C=O) groups excluding carboxylic acids is 1. The van der Waals surface area contributed by atoms with Crippen LogP contribution in [0.1, 0.15) is 96.1 Å². The Morgan fingerprint density at radius 1 is 1.00 bits per heavy atom. The van der Waals surface area contributed by atoms with Crippen molar-refractivity contribution in [3.05, 3.63) is 17.9 Å². The Balaban J connectivity index is 2.36. The van der Waals surface area contributed by atoms with E-state index in [1.165, 1.54) is 63.4 Å². The van der Waals surface area contributed by atoms with Gasteiger partial charge in [-0.05, 0) is 12.5 Å². The molecule has 0 aliphatic heterocycles. The number of rotatable bonds is 14. The predicted octanol–water partition coefficient (Wildman–Crippen LogP) is 6.31. The van der Waals surface area contributed by atoms with E-state index >= 15 is 0 Å². The normalized spacial score (nSPS) is 13.0. The zero-order valence-electron chi connectivity index (χ0n) is 17.8. The van der Waals surface area contributed by atoms with E-state index in [2.05, 4.69) is 37.9 Å². The molecule has 1 aromatic heterocycles. The van der Waals surface area contributed by atoms with Crippen molar-refractivity contribution in [2.75, 3.05) is 0 Å². The third kappa shape index (κ3) is 9.06. The monoisotopic (exact) mass is 379 g/mol. The molecule has 4 heteroatoms. The average molecular weight is 380 g/mol. The van der Waals surface area contributed by atoms with Gasteiger partial charge in [0.05, 0.1) is 17.7 Å². The molecule has 26 heavy (non-hydrogen) atoms. The molecular weight excluding hydrogens is 338 g/mol. The summed E-state index contributed by atoms with van der Waals surface area (Å²) >= 11 is 0. The first-order valence-corrected chi connectivity index (χ1v) is 14.2. The van der Waals surface area contributed by atoms with Crippen LogP contribution in [0.25, 0.3) is 0 Å². The Morgan fingerprint density at radius 2 is 1.54 bits per heavy atom. The van der Waals surface area contributed by atoms with Gasteiger partial charge in [-0.15, -0.1) is 0 Å². The second kappa shape index (κ2) is 12.4. The van der Waals surface area contributed by atoms with Crippen LogP contribution in [0.3, 0.4) is 0 Å². The zero-order chi connectivity index (χ0) is 19.4. The van der Waals surface area contributed by atoms with Gasteiger partial charge in [-0.2, -0.15) is 0 Å². The van der Waals surface area contributed by atoms with E-state index in [1.807, 2.05) is 0 Å². The van der Waals surface area contributed by atoms with Crippen molar-refractivity contribution in [3.63, 3.8) is 0 Å². The maximum absolute atomic E-state index is 11.7. The summed E-state index contributed by atoms with van der Waals surface area (Å²) in [7, 11) is -1.54. The Bertz CT molecular complexity index is 504. The van der Waals surface area contributed by atoms with Gasteiger partial charge < -0.3 is 9.73 Å². The van der Waals surface area contributed by atoms with Crippen LogP contribution in [0.5, 0.6) is 0 Å². The topological polar surface area (TPSA) is 42.2 Å². The van der Waals surface area contributed by atoms with Crippen LogP contribution in [-0.4, -0.2) is 14.0 Å². The van der Waals surface area contributed by atoms with Crippen molar-refractivity contribution in [2.45, 2.75) is 110 Å². The third-order valence-electron chi connectivity index (χ3n) is 4.98. The van der Waals surface area contributed by atoms with Crippen LogP contribution < -0.4 is 10.7 Å². The number of amides is 1. The number of furan rings is 1. The zero-order valence-corrected chi connectivity index (χ0v) is 18.8. The summed E-state index contributed by atoms with van der Waals surface area (Å²) in [5, 5.41) is 4.28. The van der Waals surface area contributed by atoms with Gasteiger partial charge in [0, 0.05) is 12.5 Å². The summed E-state index contributed by atoms with van der Waals surface area (Å²) in [5.74, 6) is 0.0461. The fourth-order valence-corrected chi connectivity index (χ4v) is 5.14. The van der Waals surface area contributed by atoms with Crippen LogP contribution >= 0.6 is 0 Å². The second-order valence-corrected chi connectivity index (χ2v) is 13.6. The quantitative estimate of drug-likeness (QED) is 0.304. The molecule has 1 N–H and O–H groups in total. The Labute approximate surface area is 162 Å². The number of carbonyl (C=O) groups is 1. The minimum atomic E-state index is -1.54. The van der Waals surface area contributed by atoms with Gasteiger partial charge in [-0.1, -0.05) is 90.8 Å². The fraction of sp³-hybridized carbons (Fsp3) is 0.773. The highest BCUT2D eigenvalue weighted by Crippen LogP contribution is 2.22. The first-order chi connectivity index (χ1) is 12.4. The summed E-state index contributed by atoms with van der Waals surface area (Å²) in [6.45, 7) is 10.8. The molecule has 0 saturated heterocycles. The van der Waals surface area contributed by atoms with Gasteiger partial charge in [0.2, 0.25) is 5.91 Å². The Kier molecular flexibility index (Phi) is 10.9. The van der Waals surface area contributed by atoms with Crippen molar-refractivity contribution in [1.29, 1.82) is 0 Å². The van der Waals surface area contributed by atoms with E-state index in [9.17, 15) is 4.79 Å². The third-order valence-corrected chi connectivity index (χ3v) is 6.75. The largest absolute Gasteiger partial charge is 0.474 e. The number of hydrogen-bond donors (Lipinski definition) is 1. The van der Waals surface area contributed by atoms with Crippen LogP contribution in [-0.2, 0) is 4.79 Å². The molecule has 0 aromatic carbocycles. The lowest BCUT2D eigenvalue weighted by molar-refractivity contribution is -0.119. The van der Waals surface area contributed by atoms with E-state index in [1.54, 1.807) is 13.2 Å². The molecule has 1 aromatic rings. The summed E-state index contributed by atoms with van der Waals surface area (Å²) in [5.41, 5.74) is 1.20. The average Bonchev–Trinajstić information content (AvgIpc) is 3.05. The highest BCUT2D eigenvalue weighted by molar-refractivity contribution is 6.88. The standard InChI is InChI=1S/C22H41NO2Si/c1-6-7-8-9-10-11-12-13-14-15-16-21(23-19(2)24)20-17-18-25-22(20)26(3,4)5/h17-18,21H,6-16H2,1-5H3,(H,23,24). The van der Waals surface area contributed by atoms with Gasteiger partial charge in [0.1, 0.15) is 8.07 Å². The summed E-state index contributed by atoms with van der Waals surface area (Å²) < 4.78 is 5.80. The maximum Gasteiger partial charge on any atom is 0.217 e. The second-order valence-electron chi connectivity index (χ2n) is 8.68. The SMILES string of the molecule is CCCCCCCCCCCCC(NC(C)=O)c1ccoc1[Si](C)(C)C. The Morgan fingerprint density at radius 3 is 2.04 bits per heavy atom. The van der Waals surface area contributed by atoms with Crippen molar-refractivity contribution in [3.8, 4) is 0 Å². The number of nitrogens with one attached hydrogen (secondary N) is 1. The van der Waals surface area contributed by atoms with Gasteiger partial charge in [-0.3, -0.25) is 4.79 Å². The first-order valence-electron chi connectivity index (χ1n) is 10.7. The molecule has 1 heterocycles. The number of hydrogen-bond acceptors (Lipinski definition) is 2. The van der Waals surface area contributed by atoms with Gasteiger partial charge in [0.15, 0.2) is 0 Å². The minimum Gasteiger partial charge on any atom is -0.474 e. The molecule has 1 unspecified atom stereocenters. The van der Waals surface area contributed by atoms with Gasteiger partial charge in [-0.25, -0.2) is 0 Å². The molecule has 3 nitrogen and oxygen atoms in total. The Hall–Kier alpha value is -1.03. The lowest BCUT2D eigenvalue weighted by Crippen LogP contribution is -2.41. The fourth-order valence-electron chi connectivity index (χ4n) is 3.59. The molecule has 0 bridgehead atoms. The molecular formula is C22H41NO2Si. The summed E-state index contributed by atoms with van der Waals surface area (Å²) in [6, 6.07) is 2.16. The van der Waals surface area contributed by atoms with Crippen molar-refractivity contribution in [1.82, 2.24) is 5.32 Å². The lowest BCUT2D eigenvalue weighted by atomic mass is 10.0. The predicted molar refractivity (Wildman–Crippen MR) is 115 cm³/mol. The molecule has 1 atom stereocenters. The van der Waals surface area contributed by atoms with E-state index in [4.69, 9.17) is 4.42 Å². The molecule has 0 aliphatic rings. The van der Waals surface area contributed by atoms with Crippen molar-refractivity contribution in [2.24, 2.45) is 0 Å². The van der Waals surface area contributed by atoms with E-state index in [0.717, 1.165) is 18.2 Å². The van der Waals surface area contributed by atoms with E-state index in [-0.39, 0.29) is 11.9 Å². The van der Waals surface area contributed by atoms with Gasteiger partial charge >= 0.3 is 0 Å². The van der Waals surface area contributed by atoms with Crippen LogP contribution in [0, 0.1) is 0 Å².